The number of allylic oxidation sites excluding steroid dienone is 1. The monoisotopic (exact) mass is 142 g/mol. The van der Waals surface area contributed by atoms with Crippen LogP contribution in [0.5, 0.6) is 0 Å². The molecule has 0 aliphatic heterocycles. The molecule has 3 heteroatoms. The number of rotatable bonds is 3. The Morgan fingerprint density at radius 1 is 1.70 bits per heavy atom. The minimum absolute atomic E-state index is 0.0208. The average molecular weight is 142 g/mol. The van der Waals surface area contributed by atoms with Gasteiger partial charge in [0.05, 0.1) is 6.67 Å². The average Bonchev–Trinajstić information content (AvgIpc) is 1.91. The summed E-state index contributed by atoms with van der Waals surface area (Å²) in [5, 5.41) is 0. The molecule has 0 heterocycles. The molecule has 0 aliphatic rings. The molecule has 0 aromatic carbocycles. The number of nitrogens with two attached hydrogens (primary N) is 1. The van der Waals surface area contributed by atoms with Gasteiger partial charge in [0, 0.05) is 6.54 Å². The van der Waals surface area contributed by atoms with Gasteiger partial charge in [-0.1, -0.05) is 6.08 Å². The van der Waals surface area contributed by atoms with Gasteiger partial charge in [-0.3, -0.25) is 4.79 Å². The van der Waals surface area contributed by atoms with Crippen molar-refractivity contribution in [2.75, 3.05) is 13.2 Å². The van der Waals surface area contributed by atoms with Crippen molar-refractivity contribution in [1.29, 1.82) is 0 Å². The summed E-state index contributed by atoms with van der Waals surface area (Å²) < 4.78 is 0. The molecular weight excluding hydrogens is 128 g/mol. The first-order valence-electron chi connectivity index (χ1n) is 3.37. The number of nitrogens with zero attached hydrogens (tertiary/aromatic N) is 1. The van der Waals surface area contributed by atoms with Crippen LogP contribution in [0.3, 0.4) is 0 Å². The minimum atomic E-state index is -0.0208. The van der Waals surface area contributed by atoms with E-state index in [-0.39, 0.29) is 5.91 Å². The highest BCUT2D eigenvalue weighted by molar-refractivity contribution is 5.87. The largest absolute Gasteiger partial charge is 0.327 e. The second-order valence-corrected chi connectivity index (χ2v) is 1.88. The first kappa shape index (κ1) is 9.17. The molecule has 0 aromatic heterocycles. The Labute approximate surface area is 61.5 Å². The van der Waals surface area contributed by atoms with E-state index in [0.717, 1.165) is 0 Å². The second-order valence-electron chi connectivity index (χ2n) is 1.88. The van der Waals surface area contributed by atoms with Crippen molar-refractivity contribution in [2.45, 2.75) is 13.8 Å². The second kappa shape index (κ2) is 4.99. The molecule has 0 aromatic rings. The Morgan fingerprint density at radius 2 is 2.30 bits per heavy atom. The Morgan fingerprint density at radius 3 is 2.60 bits per heavy atom. The molecule has 0 unspecified atom stereocenters. The van der Waals surface area contributed by atoms with Gasteiger partial charge in [0.15, 0.2) is 0 Å². The Hall–Kier alpha value is -0.830. The number of carbonyl (C=O) groups is 1. The topological polar surface area (TPSA) is 46.3 Å². The molecule has 0 radical (unpaired) electrons. The van der Waals surface area contributed by atoms with Crippen LogP contribution < -0.4 is 5.73 Å². The first-order valence-corrected chi connectivity index (χ1v) is 3.37. The molecule has 0 spiro atoms. The van der Waals surface area contributed by atoms with Crippen molar-refractivity contribution in [3.63, 3.8) is 0 Å². The van der Waals surface area contributed by atoms with Crippen LogP contribution in [0.25, 0.3) is 0 Å². The van der Waals surface area contributed by atoms with Crippen LogP contribution in [0.2, 0.25) is 0 Å². The predicted octanol–water partition coefficient (Wildman–Crippen LogP) is 0.327. The van der Waals surface area contributed by atoms with E-state index >= 15 is 0 Å². The quantitative estimate of drug-likeness (QED) is 0.456. The molecule has 0 saturated heterocycles. The van der Waals surface area contributed by atoms with Gasteiger partial charge in [0.25, 0.3) is 0 Å². The van der Waals surface area contributed by atoms with Crippen LogP contribution in [-0.4, -0.2) is 24.0 Å². The number of likely N-dealkylation sites (N-methyl/N-ethyl adjacent to an activating group) is 1. The Kier molecular flexibility index (Phi) is 4.58. The Balaban J connectivity index is 3.89. The lowest BCUT2D eigenvalue weighted by atomic mass is 10.4. The van der Waals surface area contributed by atoms with E-state index in [1.54, 1.807) is 11.0 Å². The molecule has 0 rings (SSSR count). The van der Waals surface area contributed by atoms with Gasteiger partial charge in [0.2, 0.25) is 5.91 Å². The van der Waals surface area contributed by atoms with Crippen molar-refractivity contribution in [3.05, 3.63) is 12.2 Å². The number of hydrogen-bond donors (Lipinski definition) is 1. The zero-order chi connectivity index (χ0) is 7.98. The highest BCUT2D eigenvalue weighted by Gasteiger charge is 2.02. The molecule has 0 aliphatic carbocycles. The van der Waals surface area contributed by atoms with E-state index in [1.165, 1.54) is 6.08 Å². The van der Waals surface area contributed by atoms with Crippen LogP contribution in [0.4, 0.5) is 0 Å². The van der Waals surface area contributed by atoms with Crippen LogP contribution in [-0.2, 0) is 4.79 Å². The van der Waals surface area contributed by atoms with E-state index < -0.39 is 0 Å². The number of amides is 1. The van der Waals surface area contributed by atoms with Crippen molar-refractivity contribution in [2.24, 2.45) is 5.73 Å². The third-order valence-electron chi connectivity index (χ3n) is 1.22. The van der Waals surface area contributed by atoms with Gasteiger partial charge < -0.3 is 10.6 Å². The van der Waals surface area contributed by atoms with Crippen LogP contribution in [0, 0.1) is 0 Å². The van der Waals surface area contributed by atoms with E-state index in [0.29, 0.717) is 13.2 Å². The summed E-state index contributed by atoms with van der Waals surface area (Å²) in [5.74, 6) is -0.0208. The molecule has 58 valence electrons. The summed E-state index contributed by atoms with van der Waals surface area (Å²) >= 11 is 0. The third-order valence-corrected chi connectivity index (χ3v) is 1.22. The summed E-state index contributed by atoms with van der Waals surface area (Å²) in [5.41, 5.74) is 5.29. The van der Waals surface area contributed by atoms with E-state index in [2.05, 4.69) is 0 Å². The van der Waals surface area contributed by atoms with Gasteiger partial charge in [-0.25, -0.2) is 0 Å². The van der Waals surface area contributed by atoms with Gasteiger partial charge in [0.1, 0.15) is 0 Å². The molecule has 3 nitrogen and oxygen atoms in total. The van der Waals surface area contributed by atoms with Gasteiger partial charge in [-0.15, -0.1) is 0 Å². The summed E-state index contributed by atoms with van der Waals surface area (Å²) in [6, 6.07) is 0. The smallest absolute Gasteiger partial charge is 0.247 e. The minimum Gasteiger partial charge on any atom is -0.327 e. The molecule has 0 saturated carbocycles. The molecule has 0 atom stereocenters. The van der Waals surface area contributed by atoms with E-state index in [1.807, 2.05) is 13.8 Å². The summed E-state index contributed by atoms with van der Waals surface area (Å²) in [7, 11) is 0. The molecule has 10 heavy (non-hydrogen) atoms. The Bertz CT molecular complexity index is 128. The van der Waals surface area contributed by atoms with Crippen molar-refractivity contribution in [1.82, 2.24) is 4.90 Å². The zero-order valence-corrected chi connectivity index (χ0v) is 6.50. The molecular formula is C7H14N2O. The fourth-order valence-corrected chi connectivity index (χ4v) is 0.623. The lowest BCUT2D eigenvalue weighted by Crippen LogP contribution is -2.34. The number of hydrogen-bond acceptors (Lipinski definition) is 2. The van der Waals surface area contributed by atoms with Crippen molar-refractivity contribution >= 4 is 5.91 Å². The summed E-state index contributed by atoms with van der Waals surface area (Å²) in [6.45, 7) is 4.66. The standard InChI is InChI=1S/C7H14N2O/c1-3-5-7(10)9(4-2)6-8/h3,5H,4,6,8H2,1-2H3/b5-3-. The van der Waals surface area contributed by atoms with Gasteiger partial charge >= 0.3 is 0 Å². The third kappa shape index (κ3) is 2.64. The lowest BCUT2D eigenvalue weighted by molar-refractivity contribution is -0.125. The van der Waals surface area contributed by atoms with Crippen LogP contribution in [0.1, 0.15) is 13.8 Å². The summed E-state index contributed by atoms with van der Waals surface area (Å²) in [6.07, 6.45) is 3.22. The summed E-state index contributed by atoms with van der Waals surface area (Å²) in [4.78, 5) is 12.5. The number of carbonyl (C=O) groups excluding carboxylic acids is 1. The van der Waals surface area contributed by atoms with Crippen molar-refractivity contribution in [3.8, 4) is 0 Å². The van der Waals surface area contributed by atoms with Gasteiger partial charge in [-0.05, 0) is 19.9 Å². The fraction of sp³-hybridized carbons (Fsp3) is 0.571. The molecule has 0 fully saturated rings. The predicted molar refractivity (Wildman–Crippen MR) is 41.3 cm³/mol. The fourth-order valence-electron chi connectivity index (χ4n) is 0.623. The maximum atomic E-state index is 11.0. The maximum absolute atomic E-state index is 11.0. The normalized spacial score (nSPS) is 10.3. The highest BCUT2D eigenvalue weighted by atomic mass is 16.2. The van der Waals surface area contributed by atoms with E-state index in [4.69, 9.17) is 5.73 Å². The molecule has 0 bridgehead atoms. The highest BCUT2D eigenvalue weighted by Crippen LogP contribution is 1.86. The van der Waals surface area contributed by atoms with E-state index in [9.17, 15) is 4.79 Å². The molecule has 2 N–H and O–H groups in total. The maximum Gasteiger partial charge on any atom is 0.247 e. The first-order chi connectivity index (χ1) is 4.76. The van der Waals surface area contributed by atoms with Gasteiger partial charge in [-0.2, -0.15) is 0 Å². The molecule has 1 amide bonds. The van der Waals surface area contributed by atoms with Crippen molar-refractivity contribution < 1.29 is 4.79 Å². The van der Waals surface area contributed by atoms with Crippen LogP contribution >= 0.6 is 0 Å². The van der Waals surface area contributed by atoms with Crippen LogP contribution in [0.15, 0.2) is 12.2 Å². The zero-order valence-electron chi connectivity index (χ0n) is 6.50. The lowest BCUT2D eigenvalue weighted by Gasteiger charge is -2.15. The SMILES string of the molecule is C/C=C\C(=O)N(CC)CN.